The molecular formula is C12H15BrN2. The molecule has 3 rings (SSSR count). The lowest BCUT2D eigenvalue weighted by Crippen LogP contribution is -2.46. The second kappa shape index (κ2) is 3.49. The van der Waals surface area contributed by atoms with E-state index in [1.807, 2.05) is 0 Å². The first kappa shape index (κ1) is 9.67. The topological polar surface area (TPSA) is 24.1 Å². The molecule has 1 aromatic rings. The van der Waals surface area contributed by atoms with Crippen molar-refractivity contribution in [3.05, 3.63) is 28.2 Å². The van der Waals surface area contributed by atoms with E-state index in [9.17, 15) is 0 Å². The molecule has 0 radical (unpaired) electrons. The third-order valence-corrected chi connectivity index (χ3v) is 4.34. The number of nitrogens with one attached hydrogen (secondary N) is 2. The fourth-order valence-corrected chi connectivity index (χ4v) is 3.24. The van der Waals surface area contributed by atoms with Crippen LogP contribution in [0.5, 0.6) is 0 Å². The van der Waals surface area contributed by atoms with Gasteiger partial charge in [0, 0.05) is 15.7 Å². The van der Waals surface area contributed by atoms with Gasteiger partial charge in [-0.25, -0.2) is 0 Å². The van der Waals surface area contributed by atoms with Gasteiger partial charge in [0.2, 0.25) is 0 Å². The highest BCUT2D eigenvalue weighted by atomic mass is 79.9. The van der Waals surface area contributed by atoms with Crippen LogP contribution >= 0.6 is 15.9 Å². The molecule has 1 fully saturated rings. The molecule has 2 aliphatic rings. The van der Waals surface area contributed by atoms with Crippen LogP contribution < -0.4 is 10.6 Å². The third kappa shape index (κ3) is 1.58. The zero-order chi connectivity index (χ0) is 10.3. The number of benzene rings is 1. The summed E-state index contributed by atoms with van der Waals surface area (Å²) >= 11 is 3.64. The first-order valence-electron chi connectivity index (χ1n) is 5.55. The van der Waals surface area contributed by atoms with Gasteiger partial charge in [-0.05, 0) is 50.0 Å². The second-order valence-electron chi connectivity index (χ2n) is 4.60. The van der Waals surface area contributed by atoms with Gasteiger partial charge in [-0.3, -0.25) is 0 Å². The van der Waals surface area contributed by atoms with Crippen LogP contribution in [0.4, 0.5) is 5.69 Å². The van der Waals surface area contributed by atoms with Crippen molar-refractivity contribution in [2.45, 2.75) is 24.8 Å². The van der Waals surface area contributed by atoms with E-state index >= 15 is 0 Å². The molecule has 0 bridgehead atoms. The number of anilines is 1. The number of fused-ring (bicyclic) bond motifs is 1. The Bertz CT molecular complexity index is 383. The van der Waals surface area contributed by atoms with E-state index in [4.69, 9.17) is 0 Å². The monoisotopic (exact) mass is 266 g/mol. The third-order valence-electron chi connectivity index (χ3n) is 3.59. The Morgan fingerprint density at radius 1 is 1.20 bits per heavy atom. The summed E-state index contributed by atoms with van der Waals surface area (Å²) < 4.78 is 1.25. The van der Waals surface area contributed by atoms with E-state index in [0.29, 0.717) is 5.54 Å². The minimum atomic E-state index is 0.331. The molecule has 2 N–H and O–H groups in total. The lowest BCUT2D eigenvalue weighted by Gasteiger charge is -2.34. The van der Waals surface area contributed by atoms with Gasteiger partial charge in [0.1, 0.15) is 0 Å². The first-order chi connectivity index (χ1) is 7.29. The quantitative estimate of drug-likeness (QED) is 0.754. The van der Waals surface area contributed by atoms with E-state index in [-0.39, 0.29) is 0 Å². The summed E-state index contributed by atoms with van der Waals surface area (Å²) in [6, 6.07) is 6.44. The van der Waals surface area contributed by atoms with Gasteiger partial charge in [0.05, 0.1) is 0 Å². The Kier molecular flexibility index (Phi) is 2.25. The molecule has 0 aliphatic carbocycles. The van der Waals surface area contributed by atoms with Gasteiger partial charge < -0.3 is 10.6 Å². The summed E-state index contributed by atoms with van der Waals surface area (Å²) in [7, 11) is 0. The Labute approximate surface area is 98.6 Å². The lowest BCUT2D eigenvalue weighted by molar-refractivity contribution is 0.348. The molecule has 2 heterocycles. The van der Waals surface area contributed by atoms with Crippen LogP contribution in [-0.2, 0) is 6.42 Å². The molecule has 0 saturated carbocycles. The maximum absolute atomic E-state index is 3.72. The predicted octanol–water partition coefficient (Wildman–Crippen LogP) is 2.54. The largest absolute Gasteiger partial charge is 0.379 e. The molecule has 0 amide bonds. The van der Waals surface area contributed by atoms with Gasteiger partial charge in [-0.1, -0.05) is 22.0 Å². The summed E-state index contributed by atoms with van der Waals surface area (Å²) in [4.78, 5) is 0. The van der Waals surface area contributed by atoms with Gasteiger partial charge in [-0.15, -0.1) is 0 Å². The Balaban J connectivity index is 1.94. The molecule has 1 spiro atoms. The van der Waals surface area contributed by atoms with E-state index in [1.54, 1.807) is 0 Å². The summed E-state index contributed by atoms with van der Waals surface area (Å²) in [5, 5.41) is 7.15. The average molecular weight is 267 g/mol. The molecular weight excluding hydrogens is 252 g/mol. The van der Waals surface area contributed by atoms with Gasteiger partial charge in [0.25, 0.3) is 0 Å². The van der Waals surface area contributed by atoms with Crippen molar-refractivity contribution in [3.8, 4) is 0 Å². The van der Waals surface area contributed by atoms with Crippen LogP contribution in [0.25, 0.3) is 0 Å². The molecule has 80 valence electrons. The van der Waals surface area contributed by atoms with Crippen LogP contribution in [0.1, 0.15) is 18.4 Å². The first-order valence-corrected chi connectivity index (χ1v) is 6.35. The average Bonchev–Trinajstić information content (AvgIpc) is 2.59. The molecule has 2 aliphatic heterocycles. The molecule has 1 aromatic carbocycles. The number of hydrogen-bond acceptors (Lipinski definition) is 2. The molecule has 1 saturated heterocycles. The van der Waals surface area contributed by atoms with Crippen molar-refractivity contribution >= 4 is 21.6 Å². The Morgan fingerprint density at radius 2 is 2.00 bits per heavy atom. The normalized spacial score (nSPS) is 22.5. The van der Waals surface area contributed by atoms with E-state index < -0.39 is 0 Å². The fourth-order valence-electron chi connectivity index (χ4n) is 2.73. The Hall–Kier alpha value is -0.540. The number of hydrogen-bond donors (Lipinski definition) is 2. The maximum Gasteiger partial charge on any atom is 0.0439 e. The summed E-state index contributed by atoms with van der Waals surface area (Å²) in [6.07, 6.45) is 3.63. The molecule has 3 heteroatoms. The van der Waals surface area contributed by atoms with Crippen LogP contribution in [0.15, 0.2) is 22.7 Å². The van der Waals surface area contributed by atoms with Crippen LogP contribution in [0.3, 0.4) is 0 Å². The summed E-state index contributed by atoms with van der Waals surface area (Å²) in [5.41, 5.74) is 3.11. The molecule has 0 atom stereocenters. The zero-order valence-electron chi connectivity index (χ0n) is 8.65. The highest BCUT2D eigenvalue weighted by molar-refractivity contribution is 9.10. The van der Waals surface area contributed by atoms with E-state index in [0.717, 1.165) is 13.1 Å². The summed E-state index contributed by atoms with van der Waals surface area (Å²) in [6.45, 7) is 2.28. The van der Waals surface area contributed by atoms with Crippen LogP contribution in [0.2, 0.25) is 0 Å². The SMILES string of the molecule is Brc1cccc2c1CC1(CCNCC1)N2. The highest BCUT2D eigenvalue weighted by Crippen LogP contribution is 2.40. The molecule has 0 unspecified atom stereocenters. The fraction of sp³-hybridized carbons (Fsp3) is 0.500. The van der Waals surface area contributed by atoms with Crippen molar-refractivity contribution in [2.75, 3.05) is 18.4 Å². The van der Waals surface area contributed by atoms with Crippen molar-refractivity contribution < 1.29 is 0 Å². The molecule has 15 heavy (non-hydrogen) atoms. The standard InChI is InChI=1S/C12H15BrN2/c13-10-2-1-3-11-9(10)8-12(15-11)4-6-14-7-5-12/h1-3,14-15H,4-8H2. The van der Waals surface area contributed by atoms with Crippen molar-refractivity contribution in [1.82, 2.24) is 5.32 Å². The van der Waals surface area contributed by atoms with Gasteiger partial charge in [-0.2, -0.15) is 0 Å². The number of piperidine rings is 1. The van der Waals surface area contributed by atoms with Crippen molar-refractivity contribution in [3.63, 3.8) is 0 Å². The second-order valence-corrected chi connectivity index (χ2v) is 5.45. The summed E-state index contributed by atoms with van der Waals surface area (Å²) in [5.74, 6) is 0. The highest BCUT2D eigenvalue weighted by Gasteiger charge is 2.38. The van der Waals surface area contributed by atoms with E-state index in [1.165, 1.54) is 35.0 Å². The number of halogens is 1. The minimum Gasteiger partial charge on any atom is -0.379 e. The predicted molar refractivity (Wildman–Crippen MR) is 66.3 cm³/mol. The van der Waals surface area contributed by atoms with Crippen LogP contribution in [0, 0.1) is 0 Å². The lowest BCUT2D eigenvalue weighted by atomic mass is 9.86. The van der Waals surface area contributed by atoms with Crippen molar-refractivity contribution in [2.24, 2.45) is 0 Å². The van der Waals surface area contributed by atoms with E-state index in [2.05, 4.69) is 44.8 Å². The van der Waals surface area contributed by atoms with Gasteiger partial charge in [0.15, 0.2) is 0 Å². The minimum absolute atomic E-state index is 0.331. The zero-order valence-corrected chi connectivity index (χ0v) is 10.2. The smallest absolute Gasteiger partial charge is 0.0439 e. The maximum atomic E-state index is 3.72. The van der Waals surface area contributed by atoms with Crippen molar-refractivity contribution in [1.29, 1.82) is 0 Å². The molecule has 2 nitrogen and oxygen atoms in total. The number of rotatable bonds is 0. The van der Waals surface area contributed by atoms with Gasteiger partial charge >= 0.3 is 0 Å². The van der Waals surface area contributed by atoms with Crippen LogP contribution in [-0.4, -0.2) is 18.6 Å². The molecule has 0 aromatic heterocycles. The Morgan fingerprint density at radius 3 is 2.73 bits per heavy atom.